The summed E-state index contributed by atoms with van der Waals surface area (Å²) < 4.78 is 35.0. The molecule has 1 aliphatic heterocycles. The van der Waals surface area contributed by atoms with Gasteiger partial charge in [-0.05, 0) is 152 Å². The van der Waals surface area contributed by atoms with Gasteiger partial charge < -0.3 is 15.3 Å². The number of alkyl halides is 1. The molecule has 8 heteroatoms. The van der Waals surface area contributed by atoms with Crippen LogP contribution >= 0.6 is 10.6 Å². The molecule has 0 aromatic carbocycles. The highest BCUT2D eigenvalue weighted by Gasteiger charge is 2.70. The van der Waals surface area contributed by atoms with Crippen LogP contribution in [0.1, 0.15) is 126 Å². The molecule has 53 heavy (non-hydrogen) atoms. The van der Waals surface area contributed by atoms with Crippen molar-refractivity contribution in [3.63, 3.8) is 0 Å². The number of carboxylic acid groups (broad SMARTS) is 1. The van der Waals surface area contributed by atoms with Crippen LogP contribution in [-0.4, -0.2) is 75.0 Å². The highest BCUT2D eigenvalue weighted by atomic mass is 32.3. The van der Waals surface area contributed by atoms with Crippen LogP contribution in [0.3, 0.4) is 0 Å². The van der Waals surface area contributed by atoms with Gasteiger partial charge in [0.25, 0.3) is 0 Å². The van der Waals surface area contributed by atoms with E-state index in [1.54, 1.807) is 0 Å². The molecule has 0 spiro atoms. The molecule has 1 unspecified atom stereocenters. The second-order valence-corrected chi connectivity index (χ2v) is 23.4. The Morgan fingerprint density at radius 3 is 2.40 bits per heavy atom. The predicted molar refractivity (Wildman–Crippen MR) is 217 cm³/mol. The van der Waals surface area contributed by atoms with E-state index in [1.807, 2.05) is 0 Å². The summed E-state index contributed by atoms with van der Waals surface area (Å²) in [6, 6.07) is 0. The smallest absolute Gasteiger partial charge is 0.312 e. The van der Waals surface area contributed by atoms with Crippen molar-refractivity contribution in [3.05, 3.63) is 35.5 Å². The van der Waals surface area contributed by atoms with Crippen molar-refractivity contribution in [3.8, 4) is 0 Å². The molecular weight excluding hydrogens is 684 g/mol. The molecule has 6 nitrogen and oxygen atoms in total. The maximum atomic E-state index is 14.0. The number of hydrogen-bond donors (Lipinski definition) is 4. The third kappa shape index (κ3) is 6.28. The Labute approximate surface area is 322 Å². The lowest BCUT2D eigenvalue weighted by Crippen LogP contribution is -2.68. The Hall–Kier alpha value is -1.19. The topological polar surface area (TPSA) is 93.0 Å². The number of allylic oxidation sites excluding steroid dienone is 5. The molecule has 4 saturated carbocycles. The zero-order valence-corrected chi connectivity index (χ0v) is 35.1. The Bertz CT molecular complexity index is 1530. The lowest BCUT2D eigenvalue weighted by molar-refractivity contribution is -0.221. The van der Waals surface area contributed by atoms with Crippen molar-refractivity contribution in [2.45, 2.75) is 131 Å². The number of carboxylic acids is 1. The van der Waals surface area contributed by atoms with Crippen LogP contribution in [0.4, 0.5) is 4.39 Å². The van der Waals surface area contributed by atoms with Gasteiger partial charge in [-0.2, -0.15) is 10.6 Å². The molecule has 11 atom stereocenters. The fourth-order valence-electron chi connectivity index (χ4n) is 15.2. The van der Waals surface area contributed by atoms with Gasteiger partial charge in [0, 0.05) is 37.5 Å². The van der Waals surface area contributed by atoms with Crippen LogP contribution in [0.15, 0.2) is 35.5 Å². The van der Waals surface area contributed by atoms with Crippen molar-refractivity contribution < 1.29 is 23.4 Å². The summed E-state index contributed by atoms with van der Waals surface area (Å²) in [4.78, 5) is 14.5. The number of aliphatic carboxylic acids is 1. The Morgan fingerprint density at radius 1 is 0.981 bits per heavy atom. The monoisotopic (exact) mass is 757 g/mol. The predicted octanol–water partition coefficient (Wildman–Crippen LogP) is 10.4. The second-order valence-electron chi connectivity index (χ2n) is 21.0. The van der Waals surface area contributed by atoms with Gasteiger partial charge in [0.2, 0.25) is 0 Å². The Balaban J connectivity index is 1.12. The Kier molecular flexibility index (Phi) is 10.4. The minimum atomic E-state index is -2.46. The summed E-state index contributed by atoms with van der Waals surface area (Å²) in [6.07, 6.45) is 17.1. The van der Waals surface area contributed by atoms with Gasteiger partial charge in [0.1, 0.15) is 6.67 Å². The summed E-state index contributed by atoms with van der Waals surface area (Å²) in [5, 5.41) is 14.1. The number of halogens is 1. The molecule has 300 valence electrons. The first kappa shape index (κ1) is 40.0. The molecule has 7 rings (SSSR count). The quantitative estimate of drug-likeness (QED) is 0.184. The van der Waals surface area contributed by atoms with Gasteiger partial charge >= 0.3 is 5.97 Å². The second kappa shape index (κ2) is 13.7. The third-order valence-corrected chi connectivity index (χ3v) is 20.0. The lowest BCUT2D eigenvalue weighted by atomic mass is 9.33. The molecule has 7 aliphatic rings. The molecule has 0 amide bonds. The van der Waals surface area contributed by atoms with Crippen LogP contribution in [0.2, 0.25) is 0 Å². The van der Waals surface area contributed by atoms with Gasteiger partial charge in [0.05, 0.1) is 11.2 Å². The zero-order chi connectivity index (χ0) is 38.4. The summed E-state index contributed by atoms with van der Waals surface area (Å²) in [5.41, 5.74) is 3.66. The molecule has 0 bridgehead atoms. The highest BCUT2D eigenvalue weighted by Crippen LogP contribution is 2.76. The minimum Gasteiger partial charge on any atom is -0.481 e. The molecule has 1 saturated heterocycles. The average molecular weight is 757 g/mol. The fourth-order valence-corrected chi connectivity index (χ4v) is 16.9. The van der Waals surface area contributed by atoms with Crippen LogP contribution in [0, 0.1) is 62.6 Å². The van der Waals surface area contributed by atoms with Crippen molar-refractivity contribution in [1.29, 1.82) is 0 Å². The summed E-state index contributed by atoms with van der Waals surface area (Å²) in [6.45, 7) is 24.9. The first-order valence-electron chi connectivity index (χ1n) is 21.3. The average Bonchev–Trinajstić information content (AvgIpc) is 3.40. The van der Waals surface area contributed by atoms with E-state index in [0.29, 0.717) is 66.3 Å². The van der Waals surface area contributed by atoms with Crippen LogP contribution < -0.4 is 5.32 Å². The summed E-state index contributed by atoms with van der Waals surface area (Å²) in [5.74, 6) is 3.39. The van der Waals surface area contributed by atoms with E-state index in [-0.39, 0.29) is 27.2 Å². The molecule has 6 aliphatic carbocycles. The van der Waals surface area contributed by atoms with Gasteiger partial charge in [-0.15, -0.1) is 0 Å². The van der Waals surface area contributed by atoms with Crippen molar-refractivity contribution in [2.24, 2.45) is 62.6 Å². The van der Waals surface area contributed by atoms with Crippen LogP contribution in [-0.2, 0) is 4.79 Å². The number of nitrogens with zero attached hydrogens (tertiary/aromatic N) is 1. The highest BCUT2D eigenvalue weighted by molar-refractivity contribution is 8.24. The first-order chi connectivity index (χ1) is 24.8. The number of rotatable bonds is 8. The number of nitrogens with one attached hydrogen (secondary N) is 1. The molecule has 0 aromatic heterocycles. The summed E-state index contributed by atoms with van der Waals surface area (Å²) in [7, 11) is -2.46. The fraction of sp³-hybridized carbons (Fsp3) is 0.844. The minimum absolute atomic E-state index is 0.0126. The number of carbonyl (C=O) groups is 1. The first-order valence-corrected chi connectivity index (χ1v) is 23.2. The molecule has 4 N–H and O–H groups in total. The van der Waals surface area contributed by atoms with E-state index in [4.69, 9.17) is 0 Å². The van der Waals surface area contributed by atoms with Gasteiger partial charge in [-0.1, -0.05) is 65.8 Å². The van der Waals surface area contributed by atoms with Crippen molar-refractivity contribution in [2.75, 3.05) is 44.4 Å². The molecule has 1 heterocycles. The maximum absolute atomic E-state index is 14.0. The number of fused-ring (bicyclic) bond motifs is 7. The lowest BCUT2D eigenvalue weighted by Gasteiger charge is -2.72. The van der Waals surface area contributed by atoms with Crippen molar-refractivity contribution >= 4 is 16.6 Å². The summed E-state index contributed by atoms with van der Waals surface area (Å²) >= 11 is 0. The largest absolute Gasteiger partial charge is 0.481 e. The maximum Gasteiger partial charge on any atom is 0.312 e. The van der Waals surface area contributed by atoms with E-state index in [2.05, 4.69) is 77.4 Å². The normalized spacial score (nSPS) is 47.1. The van der Waals surface area contributed by atoms with Crippen molar-refractivity contribution in [1.82, 2.24) is 10.2 Å². The van der Waals surface area contributed by atoms with E-state index < -0.39 is 28.6 Å². The number of hydrogen-bond acceptors (Lipinski definition) is 5. The van der Waals surface area contributed by atoms with E-state index in [1.165, 1.54) is 68.1 Å². The van der Waals surface area contributed by atoms with Gasteiger partial charge in [0.15, 0.2) is 0 Å². The van der Waals surface area contributed by atoms with Gasteiger partial charge in [-0.25, -0.2) is 4.39 Å². The third-order valence-electron chi connectivity index (χ3n) is 18.1. The van der Waals surface area contributed by atoms with Crippen LogP contribution in [0.5, 0.6) is 0 Å². The Morgan fingerprint density at radius 2 is 1.74 bits per heavy atom. The molecule has 0 radical (unpaired) electrons. The van der Waals surface area contributed by atoms with Crippen LogP contribution in [0.25, 0.3) is 0 Å². The molecular formula is C45H73FN2O4S. The van der Waals surface area contributed by atoms with E-state index in [9.17, 15) is 23.4 Å². The standard InChI is InChI=1S/C45H73FN2O4S/c1-30(2)33-13-20-45(47-23-24-48-25-26-53(51,52)28-31(3)27-48)22-21-42(7)35(38(33)45)9-10-37-41(6)16-14-34(40(4,5)36(41)15-17-43(37,42)8)32-11-18-44(29-46,19-12-32)39(49)50/h11,14,31,33,35-38,47,51-52H,1,9-10,12-13,15-29H2,2-8H3,(H,49,50)/t31?,33-,35+,36-,37+,38+,41-,42+,43+,44+,45-/m0/s1. The van der Waals surface area contributed by atoms with Gasteiger partial charge in [-0.3, -0.25) is 13.9 Å². The van der Waals surface area contributed by atoms with E-state index in [0.717, 1.165) is 32.6 Å². The SMILES string of the molecule is C=C(C)[C@@H]1CC[C@]2(NCCN3CCS(O)(O)CC(C)C3)CC[C@]3(C)[C@H](CC[C@@H]4[C@@]5(C)CC=C(C6=CC[C@@](CF)(C(=O)O)CC6)C(C)(C)[C@@H]5CC[C@]43C)[C@@H]12. The van der Waals surface area contributed by atoms with E-state index >= 15 is 0 Å². The zero-order valence-electron chi connectivity index (χ0n) is 34.2. The molecule has 0 aromatic rings. The molecule has 5 fully saturated rings.